The van der Waals surface area contributed by atoms with Gasteiger partial charge in [0.05, 0.1) is 16.8 Å². The van der Waals surface area contributed by atoms with Crippen molar-refractivity contribution in [3.8, 4) is 0 Å². The highest BCUT2D eigenvalue weighted by molar-refractivity contribution is 9.10. The van der Waals surface area contributed by atoms with Crippen LogP contribution in [0.1, 0.15) is 19.8 Å². The summed E-state index contributed by atoms with van der Waals surface area (Å²) in [5.74, 6) is 0.114. The van der Waals surface area contributed by atoms with Crippen molar-refractivity contribution in [3.63, 3.8) is 0 Å². The lowest BCUT2D eigenvalue weighted by molar-refractivity contribution is -0.118. The summed E-state index contributed by atoms with van der Waals surface area (Å²) in [5.41, 5.74) is 0.789. The number of nitrogens with zero attached hydrogens (tertiary/aromatic N) is 1. The molecule has 1 saturated heterocycles. The highest BCUT2D eigenvalue weighted by Crippen LogP contribution is 2.32. The van der Waals surface area contributed by atoms with E-state index in [4.69, 9.17) is 11.6 Å². The second-order valence-corrected chi connectivity index (χ2v) is 5.70. The molecule has 3 nitrogen and oxygen atoms in total. The molecule has 1 aromatic rings. The molecule has 98 valence electrons. The summed E-state index contributed by atoms with van der Waals surface area (Å²) in [7, 11) is 0. The van der Waals surface area contributed by atoms with Crippen LogP contribution in [0, 0.1) is 0 Å². The monoisotopic (exact) mass is 330 g/mol. The highest BCUT2D eigenvalue weighted by Gasteiger charge is 2.32. The fourth-order valence-electron chi connectivity index (χ4n) is 2.12. The van der Waals surface area contributed by atoms with E-state index in [-0.39, 0.29) is 11.9 Å². The minimum absolute atomic E-state index is 0.0694. The first-order valence-corrected chi connectivity index (χ1v) is 7.30. The van der Waals surface area contributed by atoms with E-state index >= 15 is 0 Å². The minimum atomic E-state index is -0.0694. The van der Waals surface area contributed by atoms with Gasteiger partial charge in [0, 0.05) is 11.0 Å². The van der Waals surface area contributed by atoms with Gasteiger partial charge in [-0.25, -0.2) is 0 Å². The largest absolute Gasteiger partial charge is 0.309 e. The lowest BCUT2D eigenvalue weighted by Gasteiger charge is -2.18. The van der Waals surface area contributed by atoms with E-state index in [2.05, 4.69) is 28.2 Å². The zero-order chi connectivity index (χ0) is 13.1. The van der Waals surface area contributed by atoms with Crippen molar-refractivity contribution >= 4 is 39.1 Å². The van der Waals surface area contributed by atoms with Crippen molar-refractivity contribution in [2.45, 2.75) is 25.8 Å². The first kappa shape index (κ1) is 13.8. The third-order valence-electron chi connectivity index (χ3n) is 3.05. The van der Waals surface area contributed by atoms with Crippen molar-refractivity contribution in [1.82, 2.24) is 5.32 Å². The quantitative estimate of drug-likeness (QED) is 0.919. The van der Waals surface area contributed by atoms with Crippen molar-refractivity contribution in [1.29, 1.82) is 0 Å². The fourth-order valence-corrected chi connectivity index (χ4v) is 2.69. The maximum absolute atomic E-state index is 12.3. The molecule has 0 saturated carbocycles. The van der Waals surface area contributed by atoms with Gasteiger partial charge in [0.1, 0.15) is 0 Å². The molecule has 1 aromatic carbocycles. The average molecular weight is 332 g/mol. The maximum Gasteiger partial charge on any atom is 0.244 e. The van der Waals surface area contributed by atoms with Crippen LogP contribution in [0.4, 0.5) is 5.69 Å². The van der Waals surface area contributed by atoms with Crippen LogP contribution >= 0.6 is 27.5 Å². The van der Waals surface area contributed by atoms with E-state index in [1.165, 1.54) is 0 Å². The summed E-state index contributed by atoms with van der Waals surface area (Å²) in [5, 5.41) is 3.88. The number of nitrogens with one attached hydrogen (secondary N) is 1. The van der Waals surface area contributed by atoms with Gasteiger partial charge in [-0.1, -0.05) is 34.5 Å². The maximum atomic E-state index is 12.3. The number of carbonyl (C=O) groups is 1. The van der Waals surface area contributed by atoms with Gasteiger partial charge >= 0.3 is 0 Å². The second kappa shape index (κ2) is 6.04. The summed E-state index contributed by atoms with van der Waals surface area (Å²) in [4.78, 5) is 14.0. The standard InChI is InChI=1S/C13H16BrClN2O/c1-2-6-16-11-5-7-17(13(11)18)12-8-9(14)3-4-10(12)15/h3-4,8,11,16H,2,5-7H2,1H3. The molecule has 1 aliphatic heterocycles. The van der Waals surface area contributed by atoms with E-state index in [9.17, 15) is 4.79 Å². The van der Waals surface area contributed by atoms with Gasteiger partial charge in [-0.2, -0.15) is 0 Å². The van der Waals surface area contributed by atoms with Crippen LogP contribution in [0.5, 0.6) is 0 Å². The Labute approximate surface area is 121 Å². The van der Waals surface area contributed by atoms with Gasteiger partial charge in [0.15, 0.2) is 0 Å². The van der Waals surface area contributed by atoms with Crippen LogP contribution in [0.25, 0.3) is 0 Å². The topological polar surface area (TPSA) is 32.3 Å². The molecular formula is C13H16BrClN2O. The third kappa shape index (κ3) is 2.87. The van der Waals surface area contributed by atoms with Crippen LogP contribution in [0.2, 0.25) is 5.02 Å². The molecule has 1 N–H and O–H groups in total. The number of amides is 1. The van der Waals surface area contributed by atoms with Crippen LogP contribution < -0.4 is 10.2 Å². The van der Waals surface area contributed by atoms with Crippen LogP contribution in [0.3, 0.4) is 0 Å². The third-order valence-corrected chi connectivity index (χ3v) is 3.86. The molecule has 0 bridgehead atoms. The molecule has 0 aromatic heterocycles. The van der Waals surface area contributed by atoms with E-state index in [1.807, 2.05) is 12.1 Å². The Morgan fingerprint density at radius 2 is 2.33 bits per heavy atom. The van der Waals surface area contributed by atoms with Crippen LogP contribution in [-0.4, -0.2) is 25.0 Å². The van der Waals surface area contributed by atoms with E-state index in [0.717, 1.165) is 36.1 Å². The number of hydrogen-bond donors (Lipinski definition) is 1. The Kier molecular flexibility index (Phi) is 4.65. The molecule has 1 heterocycles. The predicted molar refractivity (Wildman–Crippen MR) is 78.2 cm³/mol. The molecule has 0 spiro atoms. The molecule has 0 aliphatic carbocycles. The summed E-state index contributed by atoms with van der Waals surface area (Å²) in [6.45, 7) is 3.68. The number of carbonyl (C=O) groups excluding carboxylic acids is 1. The Hall–Kier alpha value is -0.580. The Bertz CT molecular complexity index is 453. The summed E-state index contributed by atoms with van der Waals surface area (Å²) < 4.78 is 0.930. The molecule has 18 heavy (non-hydrogen) atoms. The summed E-state index contributed by atoms with van der Waals surface area (Å²) in [6, 6.07) is 5.50. The predicted octanol–water partition coefficient (Wildman–Crippen LogP) is 3.21. The Balaban J connectivity index is 2.15. The highest BCUT2D eigenvalue weighted by atomic mass is 79.9. The van der Waals surface area contributed by atoms with Gasteiger partial charge in [0.2, 0.25) is 5.91 Å². The van der Waals surface area contributed by atoms with E-state index in [0.29, 0.717) is 5.02 Å². The molecule has 1 amide bonds. The van der Waals surface area contributed by atoms with Gasteiger partial charge in [0.25, 0.3) is 0 Å². The van der Waals surface area contributed by atoms with E-state index in [1.54, 1.807) is 11.0 Å². The SMILES string of the molecule is CCCNC1CCN(c2cc(Br)ccc2Cl)C1=O. The van der Waals surface area contributed by atoms with E-state index < -0.39 is 0 Å². The molecule has 2 rings (SSSR count). The second-order valence-electron chi connectivity index (χ2n) is 4.38. The first-order valence-electron chi connectivity index (χ1n) is 6.13. The van der Waals surface area contributed by atoms with Gasteiger partial charge in [-0.15, -0.1) is 0 Å². The molecule has 1 fully saturated rings. The number of benzene rings is 1. The number of halogens is 2. The summed E-state index contributed by atoms with van der Waals surface area (Å²) in [6.07, 6.45) is 1.86. The molecule has 1 unspecified atom stereocenters. The molecular weight excluding hydrogens is 316 g/mol. The van der Waals surface area contributed by atoms with Gasteiger partial charge in [-0.05, 0) is 37.6 Å². The van der Waals surface area contributed by atoms with Crippen molar-refractivity contribution in [2.24, 2.45) is 0 Å². The van der Waals surface area contributed by atoms with Crippen molar-refractivity contribution in [2.75, 3.05) is 18.0 Å². The zero-order valence-electron chi connectivity index (χ0n) is 10.2. The number of rotatable bonds is 4. The molecule has 1 atom stereocenters. The van der Waals surface area contributed by atoms with Crippen LogP contribution in [0.15, 0.2) is 22.7 Å². The average Bonchev–Trinajstić information content (AvgIpc) is 2.71. The Morgan fingerprint density at radius 3 is 3.06 bits per heavy atom. The first-order chi connectivity index (χ1) is 8.63. The summed E-state index contributed by atoms with van der Waals surface area (Å²) >= 11 is 9.57. The molecule has 5 heteroatoms. The lowest BCUT2D eigenvalue weighted by atomic mass is 10.2. The minimum Gasteiger partial charge on any atom is -0.309 e. The van der Waals surface area contributed by atoms with Gasteiger partial charge < -0.3 is 10.2 Å². The lowest BCUT2D eigenvalue weighted by Crippen LogP contribution is -2.38. The molecule has 0 radical (unpaired) electrons. The van der Waals surface area contributed by atoms with Crippen LogP contribution in [-0.2, 0) is 4.79 Å². The fraction of sp³-hybridized carbons (Fsp3) is 0.462. The Morgan fingerprint density at radius 1 is 1.56 bits per heavy atom. The van der Waals surface area contributed by atoms with Crippen molar-refractivity contribution in [3.05, 3.63) is 27.7 Å². The van der Waals surface area contributed by atoms with Gasteiger partial charge in [-0.3, -0.25) is 4.79 Å². The smallest absolute Gasteiger partial charge is 0.244 e. The van der Waals surface area contributed by atoms with Crippen molar-refractivity contribution < 1.29 is 4.79 Å². The number of anilines is 1. The zero-order valence-corrected chi connectivity index (χ0v) is 12.6. The number of hydrogen-bond acceptors (Lipinski definition) is 2. The molecule has 1 aliphatic rings. The normalized spacial score (nSPS) is 19.6.